The molecule has 0 rings (SSSR count). The normalized spacial score (nSPS) is 11.0. The summed E-state index contributed by atoms with van der Waals surface area (Å²) < 4.78 is 5.00. The van der Waals surface area contributed by atoms with Crippen LogP contribution >= 0.6 is 7.64 Å². The van der Waals surface area contributed by atoms with Crippen LogP contribution in [0.2, 0.25) is 6.32 Å². The third-order valence-corrected chi connectivity index (χ3v) is 2.18. The van der Waals surface area contributed by atoms with Crippen molar-refractivity contribution in [1.29, 1.82) is 0 Å². The molecule has 0 aromatic rings. The van der Waals surface area contributed by atoms with Gasteiger partial charge in [0.25, 0.3) is 0 Å². The van der Waals surface area contributed by atoms with E-state index in [1.807, 2.05) is 0 Å². The Bertz CT molecular complexity index is 72.1. The molecule has 40 valence electrons. The Kier molecular flexibility index (Phi) is 4.69. The summed E-state index contributed by atoms with van der Waals surface area (Å²) in [6.07, 6.45) is 1.12. The van der Waals surface area contributed by atoms with Gasteiger partial charge in [-0.1, -0.05) is 0 Å². The van der Waals surface area contributed by atoms with Gasteiger partial charge in [0.15, 0.2) is 0 Å². The average Bonchev–Trinajstić information content (AvgIpc) is 1.68. The van der Waals surface area contributed by atoms with Crippen molar-refractivity contribution in [3.63, 3.8) is 0 Å². The zero-order chi connectivity index (χ0) is 5.70. The van der Waals surface area contributed by atoms with E-state index in [0.717, 1.165) is 6.32 Å². The van der Waals surface area contributed by atoms with Crippen molar-refractivity contribution < 1.29 is 4.52 Å². The Morgan fingerprint density at radius 3 is 2.43 bits per heavy atom. The van der Waals surface area contributed by atoms with Crippen molar-refractivity contribution in [2.75, 3.05) is 13.8 Å². The molecule has 1 unspecified atom stereocenters. The first-order chi connectivity index (χ1) is 3.31. The van der Waals surface area contributed by atoms with Gasteiger partial charge in [0, 0.05) is 0 Å². The van der Waals surface area contributed by atoms with Gasteiger partial charge >= 0.3 is 45.8 Å². The second kappa shape index (κ2) is 4.48. The summed E-state index contributed by atoms with van der Waals surface area (Å²) in [5, 5.41) is 0. The minimum atomic E-state index is -0.203. The van der Waals surface area contributed by atoms with E-state index in [1.165, 1.54) is 0 Å². The monoisotopic (exact) mass is 117 g/mol. The van der Waals surface area contributed by atoms with E-state index in [0.29, 0.717) is 0 Å². The maximum absolute atomic E-state index is 5.00. The SMILES string of the molecule is CCB=[P+](C)OC. The van der Waals surface area contributed by atoms with Crippen LogP contribution in [0.15, 0.2) is 0 Å². The third kappa shape index (κ3) is 4.17. The molecule has 1 atom stereocenters. The second-order valence-electron chi connectivity index (χ2n) is 1.32. The van der Waals surface area contributed by atoms with E-state index in [9.17, 15) is 0 Å². The van der Waals surface area contributed by atoms with Crippen molar-refractivity contribution in [3.8, 4) is 0 Å². The van der Waals surface area contributed by atoms with Crippen LogP contribution in [0.5, 0.6) is 0 Å². The van der Waals surface area contributed by atoms with Crippen molar-refractivity contribution in [3.05, 3.63) is 0 Å². The summed E-state index contributed by atoms with van der Waals surface area (Å²) in [6.45, 7) is 6.41. The Morgan fingerprint density at radius 1 is 1.71 bits per heavy atom. The first kappa shape index (κ1) is 7.32. The molecule has 0 aromatic carbocycles. The van der Waals surface area contributed by atoms with Gasteiger partial charge in [-0.2, -0.15) is 0 Å². The van der Waals surface area contributed by atoms with Gasteiger partial charge in [-0.15, -0.1) is 0 Å². The summed E-state index contributed by atoms with van der Waals surface area (Å²) in [4.78, 5) is 0. The van der Waals surface area contributed by atoms with E-state index in [4.69, 9.17) is 4.52 Å². The molecule has 0 N–H and O–H groups in total. The van der Waals surface area contributed by atoms with E-state index in [2.05, 4.69) is 20.2 Å². The Labute approximate surface area is 46.7 Å². The van der Waals surface area contributed by atoms with Crippen LogP contribution in [0.1, 0.15) is 6.92 Å². The van der Waals surface area contributed by atoms with Gasteiger partial charge in [0.1, 0.15) is 0 Å². The number of hydrogen-bond acceptors (Lipinski definition) is 1. The molecule has 0 amide bonds. The van der Waals surface area contributed by atoms with Crippen LogP contribution in [0.3, 0.4) is 0 Å². The minimum absolute atomic E-state index is 0.203. The van der Waals surface area contributed by atoms with Crippen molar-refractivity contribution in [2.45, 2.75) is 13.2 Å². The predicted molar refractivity (Wildman–Crippen MR) is 36.1 cm³/mol. The molecule has 0 aliphatic heterocycles. The van der Waals surface area contributed by atoms with E-state index in [1.54, 1.807) is 7.11 Å². The van der Waals surface area contributed by atoms with Crippen LogP contribution < -0.4 is 0 Å². The first-order valence-electron chi connectivity index (χ1n) is 2.41. The summed E-state index contributed by atoms with van der Waals surface area (Å²) in [6, 6.07) is 0. The van der Waals surface area contributed by atoms with Gasteiger partial charge in [0.2, 0.25) is 0 Å². The summed E-state index contributed by atoms with van der Waals surface area (Å²) in [7, 11) is 1.54. The van der Waals surface area contributed by atoms with Gasteiger partial charge in [0.05, 0.1) is 0 Å². The third-order valence-electron chi connectivity index (χ3n) is 0.728. The molecular formula is C4H11BOP+. The fourth-order valence-electron chi connectivity index (χ4n) is 0.332. The summed E-state index contributed by atoms with van der Waals surface area (Å²) in [5.41, 5.74) is 0. The number of rotatable bonds is 2. The van der Waals surface area contributed by atoms with Crippen LogP contribution in [0.25, 0.3) is 0 Å². The van der Waals surface area contributed by atoms with E-state index < -0.39 is 0 Å². The fraction of sp³-hybridized carbons (Fsp3) is 1.00. The van der Waals surface area contributed by atoms with Crippen LogP contribution in [0.4, 0.5) is 0 Å². The van der Waals surface area contributed by atoms with Gasteiger partial charge in [-0.3, -0.25) is 0 Å². The maximum atomic E-state index is 5.00. The van der Waals surface area contributed by atoms with Gasteiger partial charge < -0.3 is 0 Å². The van der Waals surface area contributed by atoms with Crippen molar-refractivity contribution in [2.24, 2.45) is 0 Å². The molecule has 3 heteroatoms. The molecule has 0 fully saturated rings. The standard InChI is InChI=1S/C4H11BOP/c1-4-5-7(3)6-2/h4H2,1-3H3/q+1. The van der Waals surface area contributed by atoms with Gasteiger partial charge in [-0.25, -0.2) is 0 Å². The Hall–Kier alpha value is 0.325. The zero-order valence-corrected chi connectivity index (χ0v) is 6.03. The molecule has 0 aliphatic rings. The van der Waals surface area contributed by atoms with E-state index >= 15 is 0 Å². The average molecular weight is 117 g/mol. The molecule has 0 bridgehead atoms. The van der Waals surface area contributed by atoms with Crippen molar-refractivity contribution >= 4 is 14.3 Å². The molecule has 0 radical (unpaired) electrons. The molecule has 1 nitrogen and oxygen atoms in total. The molecule has 0 aliphatic carbocycles. The molecule has 0 heterocycles. The summed E-state index contributed by atoms with van der Waals surface area (Å²) >= 11 is 0. The molecular weight excluding hydrogens is 106 g/mol. The molecule has 0 spiro atoms. The van der Waals surface area contributed by atoms with E-state index in [-0.39, 0.29) is 7.64 Å². The van der Waals surface area contributed by atoms with Crippen LogP contribution in [-0.2, 0) is 4.52 Å². The summed E-state index contributed by atoms with van der Waals surface area (Å²) in [5.74, 6) is 0. The quantitative estimate of drug-likeness (QED) is 0.395. The topological polar surface area (TPSA) is 9.23 Å². The van der Waals surface area contributed by atoms with Crippen LogP contribution in [-0.4, -0.2) is 20.4 Å². The number of hydrogen-bond donors (Lipinski definition) is 0. The predicted octanol–water partition coefficient (Wildman–Crippen LogP) is 1.72. The molecule has 0 saturated carbocycles. The first-order valence-corrected chi connectivity index (χ1v) is 4.19. The zero-order valence-electron chi connectivity index (χ0n) is 5.14. The second-order valence-corrected chi connectivity index (χ2v) is 3.14. The van der Waals surface area contributed by atoms with Gasteiger partial charge in [-0.05, 0) is 0 Å². The van der Waals surface area contributed by atoms with Crippen molar-refractivity contribution in [1.82, 2.24) is 0 Å². The molecule has 0 aromatic heterocycles. The Balaban J connectivity index is 3.29. The molecule has 7 heavy (non-hydrogen) atoms. The molecule has 0 saturated heterocycles. The van der Waals surface area contributed by atoms with Crippen LogP contribution in [0, 0.1) is 0 Å². The fourth-order valence-corrected chi connectivity index (χ4v) is 0.995. The Morgan fingerprint density at radius 2 is 2.29 bits per heavy atom.